The molecular weight excluding hydrogens is 366 g/mol. The number of carbonyl (C=O) groups excluding carboxylic acids is 2. The molecule has 1 N–H and O–H groups in total. The topological polar surface area (TPSA) is 89.5 Å². The lowest BCUT2D eigenvalue weighted by Gasteiger charge is -2.14. The highest BCUT2D eigenvalue weighted by Gasteiger charge is 2.20. The molecule has 0 aliphatic rings. The molecule has 0 aliphatic carbocycles. The van der Waals surface area contributed by atoms with Gasteiger partial charge in [0.15, 0.2) is 15.9 Å². The van der Waals surface area contributed by atoms with Crippen molar-refractivity contribution in [3.63, 3.8) is 0 Å². The fourth-order valence-corrected chi connectivity index (χ4v) is 2.71. The Bertz CT molecular complexity index is 894. The van der Waals surface area contributed by atoms with Crippen LogP contribution in [0.15, 0.2) is 53.4 Å². The third-order valence-corrected chi connectivity index (χ3v) is 4.62. The van der Waals surface area contributed by atoms with Crippen LogP contribution < -0.4 is 5.32 Å². The number of hydrogen-bond donors (Lipinski definition) is 1. The minimum absolute atomic E-state index is 0.000203. The van der Waals surface area contributed by atoms with Gasteiger partial charge in [-0.2, -0.15) is 0 Å². The Labute approximate surface area is 150 Å². The van der Waals surface area contributed by atoms with Crippen molar-refractivity contribution in [3.8, 4) is 0 Å². The maximum atomic E-state index is 12.1. The maximum Gasteiger partial charge on any atom is 0.338 e. The fourth-order valence-electron chi connectivity index (χ4n) is 1.91. The molecule has 6 nitrogen and oxygen atoms in total. The van der Waals surface area contributed by atoms with E-state index in [1.165, 1.54) is 31.2 Å². The Hall–Kier alpha value is -2.38. The fraction of sp³-hybridized carbons (Fsp3) is 0.176. The summed E-state index contributed by atoms with van der Waals surface area (Å²) in [4.78, 5) is 24.2. The van der Waals surface area contributed by atoms with Crippen LogP contribution in [0.3, 0.4) is 0 Å². The van der Waals surface area contributed by atoms with E-state index in [9.17, 15) is 18.0 Å². The molecule has 25 heavy (non-hydrogen) atoms. The maximum absolute atomic E-state index is 12.1. The smallest absolute Gasteiger partial charge is 0.338 e. The van der Waals surface area contributed by atoms with Crippen LogP contribution >= 0.6 is 11.6 Å². The van der Waals surface area contributed by atoms with E-state index in [2.05, 4.69) is 5.32 Å². The largest absolute Gasteiger partial charge is 0.449 e. The summed E-state index contributed by atoms with van der Waals surface area (Å²) in [6.07, 6.45) is -0.0234. The molecule has 132 valence electrons. The zero-order valence-electron chi connectivity index (χ0n) is 13.5. The number of amides is 1. The van der Waals surface area contributed by atoms with Crippen LogP contribution in [0.5, 0.6) is 0 Å². The molecule has 2 aromatic rings. The van der Waals surface area contributed by atoms with Crippen LogP contribution in [0.4, 0.5) is 5.69 Å². The highest BCUT2D eigenvalue weighted by molar-refractivity contribution is 7.90. The van der Waals surface area contributed by atoms with Gasteiger partial charge in [-0.3, -0.25) is 4.79 Å². The first-order valence-corrected chi connectivity index (χ1v) is 9.51. The lowest BCUT2D eigenvalue weighted by molar-refractivity contribution is -0.123. The molecule has 0 saturated carbocycles. The zero-order chi connectivity index (χ0) is 18.6. The normalized spacial score (nSPS) is 12.3. The predicted molar refractivity (Wildman–Crippen MR) is 94.5 cm³/mol. The van der Waals surface area contributed by atoms with Crippen molar-refractivity contribution < 1.29 is 22.7 Å². The van der Waals surface area contributed by atoms with Crippen molar-refractivity contribution in [2.24, 2.45) is 0 Å². The highest BCUT2D eigenvalue weighted by Crippen LogP contribution is 2.15. The molecule has 0 spiro atoms. The van der Waals surface area contributed by atoms with Gasteiger partial charge in [-0.15, -0.1) is 0 Å². The van der Waals surface area contributed by atoms with Gasteiger partial charge in [0.2, 0.25) is 0 Å². The van der Waals surface area contributed by atoms with Gasteiger partial charge in [-0.05, 0) is 49.4 Å². The Kier molecular flexibility index (Phi) is 5.81. The molecule has 0 aliphatic heterocycles. The number of benzene rings is 2. The zero-order valence-corrected chi connectivity index (χ0v) is 15.1. The number of nitrogens with one attached hydrogen (secondary N) is 1. The first kappa shape index (κ1) is 19.0. The van der Waals surface area contributed by atoms with Gasteiger partial charge in [-0.25, -0.2) is 13.2 Å². The van der Waals surface area contributed by atoms with E-state index in [0.29, 0.717) is 10.7 Å². The standard InChI is InChI=1S/C17H16ClNO5S/c1-11(16(20)19-14-8-6-13(18)7-9-14)24-17(21)12-4-3-5-15(10-12)25(2,22)23/h3-11H,1-2H3,(H,19,20). The van der Waals surface area contributed by atoms with Crippen molar-refractivity contribution in [2.75, 3.05) is 11.6 Å². The molecule has 0 heterocycles. The van der Waals surface area contributed by atoms with Gasteiger partial charge in [0.25, 0.3) is 5.91 Å². The van der Waals surface area contributed by atoms with Crippen LogP contribution in [-0.2, 0) is 19.4 Å². The summed E-state index contributed by atoms with van der Waals surface area (Å²) in [7, 11) is -3.45. The third kappa shape index (κ3) is 5.30. The summed E-state index contributed by atoms with van der Waals surface area (Å²) in [5.41, 5.74) is 0.561. The summed E-state index contributed by atoms with van der Waals surface area (Å²) < 4.78 is 28.2. The summed E-state index contributed by atoms with van der Waals surface area (Å²) in [6.45, 7) is 1.42. The molecular formula is C17H16ClNO5S. The summed E-state index contributed by atoms with van der Waals surface area (Å²) in [5, 5.41) is 3.12. The van der Waals surface area contributed by atoms with Crippen LogP contribution in [-0.4, -0.2) is 32.7 Å². The number of ether oxygens (including phenoxy) is 1. The third-order valence-electron chi connectivity index (χ3n) is 3.26. The number of sulfone groups is 1. The van der Waals surface area contributed by atoms with Gasteiger partial charge in [-0.1, -0.05) is 17.7 Å². The van der Waals surface area contributed by atoms with E-state index >= 15 is 0 Å². The van der Waals surface area contributed by atoms with E-state index in [1.807, 2.05) is 0 Å². The first-order valence-electron chi connectivity index (χ1n) is 7.24. The van der Waals surface area contributed by atoms with Gasteiger partial charge < -0.3 is 10.1 Å². The predicted octanol–water partition coefficient (Wildman–Crippen LogP) is 2.93. The average molecular weight is 382 g/mol. The number of carbonyl (C=O) groups is 2. The van der Waals surface area contributed by atoms with E-state index < -0.39 is 27.8 Å². The Morgan fingerprint density at radius 3 is 2.36 bits per heavy atom. The van der Waals surface area contributed by atoms with E-state index in [-0.39, 0.29) is 10.5 Å². The van der Waals surface area contributed by atoms with Gasteiger partial charge in [0.1, 0.15) is 0 Å². The molecule has 0 bridgehead atoms. The first-order chi connectivity index (χ1) is 11.7. The van der Waals surface area contributed by atoms with Crippen LogP contribution in [0.1, 0.15) is 17.3 Å². The number of halogens is 1. The molecule has 1 atom stereocenters. The minimum Gasteiger partial charge on any atom is -0.449 e. The van der Waals surface area contributed by atoms with Crippen LogP contribution in [0.25, 0.3) is 0 Å². The van der Waals surface area contributed by atoms with Crippen LogP contribution in [0, 0.1) is 0 Å². The number of esters is 1. The molecule has 8 heteroatoms. The van der Waals surface area contributed by atoms with Crippen molar-refractivity contribution in [3.05, 3.63) is 59.1 Å². The number of hydrogen-bond acceptors (Lipinski definition) is 5. The van der Waals surface area contributed by atoms with Crippen molar-refractivity contribution in [1.29, 1.82) is 0 Å². The van der Waals surface area contributed by atoms with Gasteiger partial charge in [0, 0.05) is 17.0 Å². The second-order valence-corrected chi connectivity index (χ2v) is 7.80. The molecule has 0 radical (unpaired) electrons. The second-order valence-electron chi connectivity index (χ2n) is 5.34. The summed E-state index contributed by atoms with van der Waals surface area (Å²) >= 11 is 5.77. The molecule has 2 rings (SSSR count). The van der Waals surface area contributed by atoms with Crippen LogP contribution in [0.2, 0.25) is 5.02 Å². The molecule has 1 unspecified atom stereocenters. The van der Waals surface area contributed by atoms with Gasteiger partial charge in [0.05, 0.1) is 10.5 Å². The quantitative estimate of drug-likeness (QED) is 0.804. The second kappa shape index (κ2) is 7.67. The van der Waals surface area contributed by atoms with Gasteiger partial charge >= 0.3 is 5.97 Å². The molecule has 1 amide bonds. The van der Waals surface area contributed by atoms with Crippen molar-refractivity contribution in [1.82, 2.24) is 0 Å². The highest BCUT2D eigenvalue weighted by atomic mass is 35.5. The summed E-state index contributed by atoms with van der Waals surface area (Å²) in [6, 6.07) is 11.9. The van der Waals surface area contributed by atoms with E-state index in [1.54, 1.807) is 24.3 Å². The number of anilines is 1. The number of rotatable bonds is 5. The van der Waals surface area contributed by atoms with E-state index in [0.717, 1.165) is 6.26 Å². The Morgan fingerprint density at radius 1 is 1.12 bits per heavy atom. The SMILES string of the molecule is CC(OC(=O)c1cccc(S(C)(=O)=O)c1)C(=O)Nc1ccc(Cl)cc1. The molecule has 0 saturated heterocycles. The van der Waals surface area contributed by atoms with Crippen molar-refractivity contribution in [2.45, 2.75) is 17.9 Å². The minimum atomic E-state index is -3.45. The molecule has 0 aromatic heterocycles. The lowest BCUT2D eigenvalue weighted by Crippen LogP contribution is -2.30. The van der Waals surface area contributed by atoms with E-state index in [4.69, 9.17) is 16.3 Å². The Morgan fingerprint density at radius 2 is 1.76 bits per heavy atom. The molecule has 0 fully saturated rings. The lowest BCUT2D eigenvalue weighted by atomic mass is 10.2. The monoisotopic (exact) mass is 381 g/mol. The summed E-state index contributed by atoms with van der Waals surface area (Å²) in [5.74, 6) is -1.31. The van der Waals surface area contributed by atoms with Crippen molar-refractivity contribution >= 4 is 39.0 Å². The molecule has 2 aromatic carbocycles. The Balaban J connectivity index is 2.04. The average Bonchev–Trinajstić information content (AvgIpc) is 2.56.